The van der Waals surface area contributed by atoms with Crippen molar-refractivity contribution in [3.8, 4) is 0 Å². The lowest BCUT2D eigenvalue weighted by atomic mass is 10.1. The summed E-state index contributed by atoms with van der Waals surface area (Å²) in [6, 6.07) is 14.2. The van der Waals surface area contributed by atoms with E-state index in [1.165, 1.54) is 12.8 Å². The Bertz CT molecular complexity index is 994. The van der Waals surface area contributed by atoms with Gasteiger partial charge in [-0.05, 0) is 55.3 Å². The van der Waals surface area contributed by atoms with E-state index >= 15 is 0 Å². The molecule has 180 valence electrons. The first-order valence-corrected chi connectivity index (χ1v) is 12.0. The Hall–Kier alpha value is -3.39. The lowest BCUT2D eigenvalue weighted by Gasteiger charge is -2.27. The molecule has 3 amide bonds. The van der Waals surface area contributed by atoms with E-state index in [4.69, 9.17) is 4.74 Å². The van der Waals surface area contributed by atoms with Gasteiger partial charge >= 0.3 is 0 Å². The number of benzene rings is 2. The number of ether oxygens (including phenoxy) is 1. The monoisotopic (exact) mass is 464 g/mol. The number of carbonyl (C=O) groups is 3. The van der Waals surface area contributed by atoms with Crippen molar-refractivity contribution >= 4 is 29.1 Å². The summed E-state index contributed by atoms with van der Waals surface area (Å²) in [5.41, 5.74) is 2.54. The van der Waals surface area contributed by atoms with Gasteiger partial charge in [-0.1, -0.05) is 18.9 Å². The van der Waals surface area contributed by atoms with Crippen LogP contribution in [-0.2, 0) is 9.53 Å². The molecular formula is C26H32N4O4. The highest BCUT2D eigenvalue weighted by molar-refractivity contribution is 5.98. The van der Waals surface area contributed by atoms with Crippen molar-refractivity contribution in [3.05, 3.63) is 59.7 Å². The molecule has 0 radical (unpaired) electrons. The molecule has 2 fully saturated rings. The molecule has 0 saturated carbocycles. The highest BCUT2D eigenvalue weighted by Crippen LogP contribution is 2.17. The van der Waals surface area contributed by atoms with Crippen molar-refractivity contribution in [3.63, 3.8) is 0 Å². The standard InChI is InChI=1S/C26H32N4O4/c31-24(28-23-7-5-6-21(18-23)26(33)30-14-16-34-17-15-30)19-27-22-10-8-20(9-11-22)25(32)29-12-3-1-2-4-13-29/h5-11,18,27H,1-4,12-17,19H2,(H,28,31). The molecule has 0 aliphatic carbocycles. The van der Waals surface area contributed by atoms with E-state index in [1.807, 2.05) is 17.0 Å². The summed E-state index contributed by atoms with van der Waals surface area (Å²) in [6.07, 6.45) is 4.49. The first kappa shape index (κ1) is 23.8. The minimum absolute atomic E-state index is 0.0627. The van der Waals surface area contributed by atoms with E-state index < -0.39 is 0 Å². The number of likely N-dealkylation sites (tertiary alicyclic amines) is 1. The van der Waals surface area contributed by atoms with Crippen molar-refractivity contribution in [2.24, 2.45) is 0 Å². The van der Waals surface area contributed by atoms with Crippen molar-refractivity contribution in [1.82, 2.24) is 9.80 Å². The summed E-state index contributed by atoms with van der Waals surface area (Å²) >= 11 is 0. The van der Waals surface area contributed by atoms with E-state index in [2.05, 4.69) is 10.6 Å². The fourth-order valence-corrected chi connectivity index (χ4v) is 4.25. The van der Waals surface area contributed by atoms with Crippen LogP contribution in [0.15, 0.2) is 48.5 Å². The maximum atomic E-state index is 12.7. The molecule has 8 nitrogen and oxygen atoms in total. The number of amides is 3. The average molecular weight is 465 g/mol. The smallest absolute Gasteiger partial charge is 0.254 e. The van der Waals surface area contributed by atoms with Gasteiger partial charge in [0.15, 0.2) is 0 Å². The predicted molar refractivity (Wildman–Crippen MR) is 131 cm³/mol. The number of carbonyl (C=O) groups excluding carboxylic acids is 3. The summed E-state index contributed by atoms with van der Waals surface area (Å²) in [6.45, 7) is 3.93. The largest absolute Gasteiger partial charge is 0.378 e. The van der Waals surface area contributed by atoms with Gasteiger partial charge < -0.3 is 25.2 Å². The Morgan fingerprint density at radius 2 is 1.38 bits per heavy atom. The normalized spacial score (nSPS) is 16.5. The van der Waals surface area contributed by atoms with E-state index in [-0.39, 0.29) is 24.3 Å². The molecule has 0 bridgehead atoms. The molecule has 2 saturated heterocycles. The Balaban J connectivity index is 1.27. The van der Waals surface area contributed by atoms with Crippen LogP contribution in [0.25, 0.3) is 0 Å². The van der Waals surface area contributed by atoms with Gasteiger partial charge in [0.25, 0.3) is 11.8 Å². The molecule has 2 aliphatic heterocycles. The zero-order chi connectivity index (χ0) is 23.8. The average Bonchev–Trinajstić information content (AvgIpc) is 3.17. The lowest BCUT2D eigenvalue weighted by molar-refractivity contribution is -0.114. The topological polar surface area (TPSA) is 91.0 Å². The predicted octanol–water partition coefficient (Wildman–Crippen LogP) is 3.23. The Morgan fingerprint density at radius 3 is 2.09 bits per heavy atom. The number of morpholine rings is 1. The molecule has 8 heteroatoms. The SMILES string of the molecule is O=C(CNc1ccc(C(=O)N2CCCCCC2)cc1)Nc1cccc(C(=O)N2CCOCC2)c1. The second-order valence-electron chi connectivity index (χ2n) is 8.67. The van der Waals surface area contributed by atoms with Crippen LogP contribution in [0.5, 0.6) is 0 Å². The van der Waals surface area contributed by atoms with Gasteiger partial charge in [0.1, 0.15) is 0 Å². The fourth-order valence-electron chi connectivity index (χ4n) is 4.25. The van der Waals surface area contributed by atoms with Gasteiger partial charge in [-0.15, -0.1) is 0 Å². The minimum atomic E-state index is -0.222. The molecule has 34 heavy (non-hydrogen) atoms. The maximum Gasteiger partial charge on any atom is 0.254 e. The van der Waals surface area contributed by atoms with Crippen LogP contribution in [0.4, 0.5) is 11.4 Å². The Kier molecular flexibility index (Phi) is 8.14. The number of nitrogens with zero attached hydrogens (tertiary/aromatic N) is 2. The number of hydrogen-bond donors (Lipinski definition) is 2. The second-order valence-corrected chi connectivity index (χ2v) is 8.67. The highest BCUT2D eigenvalue weighted by atomic mass is 16.5. The molecule has 0 atom stereocenters. The molecular weight excluding hydrogens is 432 g/mol. The van der Waals surface area contributed by atoms with Gasteiger partial charge in [0, 0.05) is 48.7 Å². The van der Waals surface area contributed by atoms with Crippen LogP contribution >= 0.6 is 0 Å². The first-order chi connectivity index (χ1) is 16.6. The van der Waals surface area contributed by atoms with E-state index in [1.54, 1.807) is 41.3 Å². The summed E-state index contributed by atoms with van der Waals surface area (Å²) in [4.78, 5) is 41.5. The second kappa shape index (κ2) is 11.7. The van der Waals surface area contributed by atoms with Crippen LogP contribution in [0.2, 0.25) is 0 Å². The van der Waals surface area contributed by atoms with Gasteiger partial charge in [0.05, 0.1) is 19.8 Å². The maximum absolute atomic E-state index is 12.7. The van der Waals surface area contributed by atoms with E-state index in [9.17, 15) is 14.4 Å². The van der Waals surface area contributed by atoms with Crippen LogP contribution in [0, 0.1) is 0 Å². The third kappa shape index (κ3) is 6.35. The summed E-state index contributed by atoms with van der Waals surface area (Å²) in [5, 5.41) is 5.91. The first-order valence-electron chi connectivity index (χ1n) is 12.0. The number of rotatable bonds is 6. The number of nitrogens with one attached hydrogen (secondary N) is 2. The molecule has 2 N–H and O–H groups in total. The molecule has 2 aliphatic rings. The Labute approximate surface area is 200 Å². The van der Waals surface area contributed by atoms with Crippen molar-refractivity contribution in [1.29, 1.82) is 0 Å². The van der Waals surface area contributed by atoms with Crippen molar-refractivity contribution in [2.75, 3.05) is 56.6 Å². The van der Waals surface area contributed by atoms with Crippen LogP contribution in [0.3, 0.4) is 0 Å². The summed E-state index contributed by atoms with van der Waals surface area (Å²) in [5.74, 6) is -0.217. The fraction of sp³-hybridized carbons (Fsp3) is 0.423. The lowest BCUT2D eigenvalue weighted by Crippen LogP contribution is -2.40. The molecule has 0 unspecified atom stereocenters. The minimum Gasteiger partial charge on any atom is -0.378 e. The third-order valence-corrected chi connectivity index (χ3v) is 6.17. The Morgan fingerprint density at radius 1 is 0.735 bits per heavy atom. The molecule has 4 rings (SSSR count). The molecule has 2 aromatic carbocycles. The van der Waals surface area contributed by atoms with Crippen molar-refractivity contribution < 1.29 is 19.1 Å². The molecule has 2 heterocycles. The van der Waals surface area contributed by atoms with Crippen LogP contribution < -0.4 is 10.6 Å². The quantitative estimate of drug-likeness (QED) is 0.685. The third-order valence-electron chi connectivity index (χ3n) is 6.17. The number of hydrogen-bond acceptors (Lipinski definition) is 5. The number of anilines is 2. The van der Waals surface area contributed by atoms with Crippen molar-refractivity contribution in [2.45, 2.75) is 25.7 Å². The van der Waals surface area contributed by atoms with Crippen LogP contribution in [-0.4, -0.2) is 73.5 Å². The highest BCUT2D eigenvalue weighted by Gasteiger charge is 2.19. The van der Waals surface area contributed by atoms with Gasteiger partial charge in [-0.3, -0.25) is 14.4 Å². The zero-order valence-electron chi connectivity index (χ0n) is 19.4. The molecule has 0 spiro atoms. The summed E-state index contributed by atoms with van der Waals surface area (Å²) < 4.78 is 5.30. The van der Waals surface area contributed by atoms with Gasteiger partial charge in [0.2, 0.25) is 5.91 Å². The van der Waals surface area contributed by atoms with E-state index in [0.717, 1.165) is 31.6 Å². The van der Waals surface area contributed by atoms with E-state index in [0.29, 0.717) is 43.1 Å². The zero-order valence-corrected chi connectivity index (χ0v) is 19.4. The molecule has 2 aromatic rings. The van der Waals surface area contributed by atoms with Crippen LogP contribution in [0.1, 0.15) is 46.4 Å². The summed E-state index contributed by atoms with van der Waals surface area (Å²) in [7, 11) is 0. The van der Waals surface area contributed by atoms with Gasteiger partial charge in [-0.2, -0.15) is 0 Å². The molecule has 0 aromatic heterocycles. The van der Waals surface area contributed by atoms with Gasteiger partial charge in [-0.25, -0.2) is 0 Å².